The second-order valence-corrected chi connectivity index (χ2v) is 5.48. The molecule has 0 radical (unpaired) electrons. The minimum Gasteiger partial charge on any atom is -0.431 e. The first-order chi connectivity index (χ1) is 10.8. The number of aromatic nitrogens is 1. The van der Waals surface area contributed by atoms with Crippen LogP contribution in [0, 0.1) is 17.1 Å². The molecule has 0 saturated carbocycles. The summed E-state index contributed by atoms with van der Waals surface area (Å²) in [6.45, 7) is 0. The fraction of sp³-hybridized carbons (Fsp3) is 0.0588. The molecule has 0 aliphatic rings. The lowest BCUT2D eigenvalue weighted by Crippen LogP contribution is -1.86. The third-order valence-corrected chi connectivity index (χ3v) is 3.99. The maximum atomic E-state index is 12.9. The summed E-state index contributed by atoms with van der Waals surface area (Å²) in [6.07, 6.45) is 1.62. The van der Waals surface area contributed by atoms with E-state index >= 15 is 0 Å². The molecular formula is C17H11FN2OS. The van der Waals surface area contributed by atoms with Gasteiger partial charge in [-0.2, -0.15) is 5.26 Å². The lowest BCUT2D eigenvalue weighted by atomic mass is 10.1. The second kappa shape index (κ2) is 6.46. The molecule has 0 aliphatic heterocycles. The summed E-state index contributed by atoms with van der Waals surface area (Å²) < 4.78 is 18.6. The van der Waals surface area contributed by atoms with E-state index in [2.05, 4.69) is 11.1 Å². The van der Waals surface area contributed by atoms with E-state index in [4.69, 9.17) is 9.68 Å². The molecule has 0 atom stereocenters. The van der Waals surface area contributed by atoms with Crippen molar-refractivity contribution in [2.75, 3.05) is 0 Å². The lowest BCUT2D eigenvalue weighted by Gasteiger charge is -2.00. The van der Waals surface area contributed by atoms with Crippen LogP contribution in [0.15, 0.2) is 64.4 Å². The smallest absolute Gasteiger partial charge is 0.256 e. The predicted octanol–water partition coefficient (Wildman–Crippen LogP) is 4.64. The average molecular weight is 310 g/mol. The van der Waals surface area contributed by atoms with Crippen molar-refractivity contribution in [3.63, 3.8) is 0 Å². The fourth-order valence-corrected chi connectivity index (χ4v) is 2.77. The normalized spacial score (nSPS) is 10.4. The average Bonchev–Trinajstić information content (AvgIpc) is 3.03. The van der Waals surface area contributed by atoms with E-state index in [1.54, 1.807) is 24.4 Å². The summed E-state index contributed by atoms with van der Waals surface area (Å²) in [6, 6.07) is 15.7. The van der Waals surface area contributed by atoms with Gasteiger partial charge >= 0.3 is 0 Å². The Morgan fingerprint density at radius 3 is 2.68 bits per heavy atom. The zero-order chi connectivity index (χ0) is 15.4. The Balaban J connectivity index is 1.72. The zero-order valence-electron chi connectivity index (χ0n) is 11.5. The van der Waals surface area contributed by atoms with Gasteiger partial charge in [0.1, 0.15) is 5.82 Å². The molecule has 0 amide bonds. The van der Waals surface area contributed by atoms with E-state index in [0.717, 1.165) is 11.1 Å². The van der Waals surface area contributed by atoms with Crippen molar-refractivity contribution in [1.82, 2.24) is 4.98 Å². The summed E-state index contributed by atoms with van der Waals surface area (Å²) in [4.78, 5) is 4.21. The highest BCUT2D eigenvalue weighted by Crippen LogP contribution is 2.28. The Morgan fingerprint density at radius 1 is 1.14 bits per heavy atom. The van der Waals surface area contributed by atoms with Crippen molar-refractivity contribution in [2.45, 2.75) is 11.0 Å². The summed E-state index contributed by atoms with van der Waals surface area (Å²) in [5, 5.41) is 9.58. The van der Waals surface area contributed by atoms with Gasteiger partial charge in [-0.15, -0.1) is 0 Å². The first kappa shape index (κ1) is 14.4. The largest absolute Gasteiger partial charge is 0.431 e. The number of thioether (sulfide) groups is 1. The SMILES string of the molecule is N#Cc1ccccc1CSc1ncc(-c2ccc(F)cc2)o1. The van der Waals surface area contributed by atoms with E-state index < -0.39 is 0 Å². The molecule has 0 aliphatic carbocycles. The maximum absolute atomic E-state index is 12.9. The molecule has 0 bridgehead atoms. The molecule has 0 N–H and O–H groups in total. The summed E-state index contributed by atoms with van der Waals surface area (Å²) in [5.74, 6) is 0.912. The van der Waals surface area contributed by atoms with Gasteiger partial charge in [-0.25, -0.2) is 9.37 Å². The first-order valence-corrected chi connectivity index (χ1v) is 7.57. The number of nitrogens with zero attached hydrogens (tertiary/aromatic N) is 2. The summed E-state index contributed by atoms with van der Waals surface area (Å²) in [5.41, 5.74) is 2.37. The quantitative estimate of drug-likeness (QED) is 0.658. The highest BCUT2D eigenvalue weighted by Gasteiger charge is 2.09. The lowest BCUT2D eigenvalue weighted by molar-refractivity contribution is 0.466. The number of halogens is 1. The third kappa shape index (κ3) is 3.18. The third-order valence-electron chi connectivity index (χ3n) is 3.10. The van der Waals surface area contributed by atoms with Crippen molar-refractivity contribution >= 4 is 11.8 Å². The van der Waals surface area contributed by atoms with Crippen LogP contribution in [-0.2, 0) is 5.75 Å². The monoisotopic (exact) mass is 310 g/mol. The van der Waals surface area contributed by atoms with E-state index in [-0.39, 0.29) is 5.82 Å². The molecular weight excluding hydrogens is 299 g/mol. The second-order valence-electron chi connectivity index (χ2n) is 4.55. The Kier molecular flexibility index (Phi) is 4.22. The van der Waals surface area contributed by atoms with Gasteiger partial charge in [0.05, 0.1) is 17.8 Å². The fourth-order valence-electron chi connectivity index (χ4n) is 1.97. The van der Waals surface area contributed by atoms with Crippen LogP contribution in [0.1, 0.15) is 11.1 Å². The summed E-state index contributed by atoms with van der Waals surface area (Å²) in [7, 11) is 0. The van der Waals surface area contributed by atoms with E-state index in [9.17, 15) is 4.39 Å². The van der Waals surface area contributed by atoms with Crippen LogP contribution in [0.3, 0.4) is 0 Å². The van der Waals surface area contributed by atoms with Crippen molar-refractivity contribution in [1.29, 1.82) is 5.26 Å². The molecule has 0 saturated heterocycles. The van der Waals surface area contributed by atoms with Crippen LogP contribution < -0.4 is 0 Å². The molecule has 0 unspecified atom stereocenters. The molecule has 0 spiro atoms. The molecule has 3 nitrogen and oxygen atoms in total. The minimum absolute atomic E-state index is 0.286. The summed E-state index contributed by atoms with van der Waals surface area (Å²) >= 11 is 1.42. The molecule has 1 heterocycles. The van der Waals surface area contributed by atoms with E-state index in [0.29, 0.717) is 22.3 Å². The van der Waals surface area contributed by atoms with Crippen LogP contribution in [0.5, 0.6) is 0 Å². The Labute approximate surface area is 131 Å². The Morgan fingerprint density at radius 2 is 1.91 bits per heavy atom. The van der Waals surface area contributed by atoms with Gasteiger partial charge in [0.25, 0.3) is 5.22 Å². The Hall–Kier alpha value is -2.58. The van der Waals surface area contributed by atoms with E-state index in [1.165, 1.54) is 23.9 Å². The van der Waals surface area contributed by atoms with Crippen molar-refractivity contribution in [3.05, 3.63) is 71.7 Å². The van der Waals surface area contributed by atoms with Crippen molar-refractivity contribution < 1.29 is 8.81 Å². The highest BCUT2D eigenvalue weighted by molar-refractivity contribution is 7.98. The number of hydrogen-bond donors (Lipinski definition) is 0. The van der Waals surface area contributed by atoms with Crippen LogP contribution >= 0.6 is 11.8 Å². The number of nitriles is 1. The first-order valence-electron chi connectivity index (χ1n) is 6.59. The highest BCUT2D eigenvalue weighted by atomic mass is 32.2. The van der Waals surface area contributed by atoms with Crippen LogP contribution in [-0.4, -0.2) is 4.98 Å². The predicted molar refractivity (Wildman–Crippen MR) is 82.6 cm³/mol. The molecule has 22 heavy (non-hydrogen) atoms. The molecule has 5 heteroatoms. The van der Waals surface area contributed by atoms with Crippen LogP contribution in [0.4, 0.5) is 4.39 Å². The molecule has 3 aromatic rings. The van der Waals surface area contributed by atoms with Crippen LogP contribution in [0.25, 0.3) is 11.3 Å². The molecule has 1 aromatic heterocycles. The number of benzene rings is 2. The van der Waals surface area contributed by atoms with Crippen molar-refractivity contribution in [3.8, 4) is 17.4 Å². The Bertz CT molecular complexity index is 821. The zero-order valence-corrected chi connectivity index (χ0v) is 12.3. The van der Waals surface area contributed by atoms with Gasteiger partial charge < -0.3 is 4.42 Å². The van der Waals surface area contributed by atoms with Gasteiger partial charge in [-0.05, 0) is 35.9 Å². The van der Waals surface area contributed by atoms with Gasteiger partial charge in [-0.1, -0.05) is 30.0 Å². The number of hydrogen-bond acceptors (Lipinski definition) is 4. The molecule has 2 aromatic carbocycles. The topological polar surface area (TPSA) is 49.8 Å². The van der Waals surface area contributed by atoms with Crippen LogP contribution in [0.2, 0.25) is 0 Å². The molecule has 3 rings (SSSR count). The number of oxazole rings is 1. The van der Waals surface area contributed by atoms with Gasteiger partial charge in [0.15, 0.2) is 5.76 Å². The standard InChI is InChI=1S/C17H11FN2OS/c18-15-7-5-12(6-8-15)16-10-20-17(21-16)22-11-14-4-2-1-3-13(14)9-19/h1-8,10H,11H2. The molecule has 108 valence electrons. The van der Waals surface area contributed by atoms with Crippen molar-refractivity contribution in [2.24, 2.45) is 0 Å². The van der Waals surface area contributed by atoms with Gasteiger partial charge in [-0.3, -0.25) is 0 Å². The minimum atomic E-state index is -0.286. The van der Waals surface area contributed by atoms with Gasteiger partial charge in [0.2, 0.25) is 0 Å². The van der Waals surface area contributed by atoms with E-state index in [1.807, 2.05) is 18.2 Å². The van der Waals surface area contributed by atoms with Gasteiger partial charge in [0, 0.05) is 11.3 Å². The molecule has 0 fully saturated rings. The number of rotatable bonds is 4. The maximum Gasteiger partial charge on any atom is 0.256 e.